The molecule has 0 spiro atoms. The molecule has 0 saturated carbocycles. The molecule has 0 bridgehead atoms. The molecule has 4 nitrogen and oxygen atoms in total. The predicted octanol–water partition coefficient (Wildman–Crippen LogP) is 6.28. The van der Waals surface area contributed by atoms with Gasteiger partial charge in [-0.15, -0.1) is 0 Å². The lowest BCUT2D eigenvalue weighted by Gasteiger charge is -2.33. The van der Waals surface area contributed by atoms with Crippen molar-refractivity contribution in [3.05, 3.63) is 41.8 Å². The van der Waals surface area contributed by atoms with Gasteiger partial charge in [0.25, 0.3) is 0 Å². The normalized spacial score (nSPS) is 12.4. The van der Waals surface area contributed by atoms with Gasteiger partial charge in [0.2, 0.25) is 0 Å². The molecule has 0 aliphatic carbocycles. The van der Waals surface area contributed by atoms with Crippen LogP contribution in [0.4, 0.5) is 9.39 Å². The number of aromatic nitrogens is 3. The minimum Gasteiger partial charge on any atom is -0.370 e. The minimum absolute atomic E-state index is 0.112. The molecule has 3 aromatic rings. The second-order valence-electron chi connectivity index (χ2n) is 9.24. The highest BCUT2D eigenvalue weighted by Gasteiger charge is 2.28. The van der Waals surface area contributed by atoms with E-state index in [0.29, 0.717) is 0 Å². The Hall–Kier alpha value is -2.21. The third kappa shape index (κ3) is 4.79. The predicted molar refractivity (Wildman–Crippen MR) is 116 cm³/mol. The standard InChI is InChI=1S/C22H29FN4S/c1-14-12-17(27(7)26-14)19-24-18(15-8-10-16(23)11-9-15)20(28-19)25-22(5,6)13-21(2,3)4/h8-12,25H,13H2,1-7H3. The van der Waals surface area contributed by atoms with E-state index in [0.717, 1.165) is 39.1 Å². The third-order valence-corrected chi connectivity index (χ3v) is 5.38. The fraction of sp³-hybridized carbons (Fsp3) is 0.455. The van der Waals surface area contributed by atoms with E-state index in [-0.39, 0.29) is 16.8 Å². The van der Waals surface area contributed by atoms with Crippen LogP contribution in [0.5, 0.6) is 0 Å². The topological polar surface area (TPSA) is 42.7 Å². The van der Waals surface area contributed by atoms with Gasteiger partial charge in [-0.3, -0.25) is 4.68 Å². The van der Waals surface area contributed by atoms with E-state index >= 15 is 0 Å². The van der Waals surface area contributed by atoms with Crippen LogP contribution in [0.2, 0.25) is 0 Å². The molecule has 0 radical (unpaired) electrons. The summed E-state index contributed by atoms with van der Waals surface area (Å²) in [6, 6.07) is 8.56. The number of hydrogen-bond acceptors (Lipinski definition) is 4. The first-order valence-corrected chi connectivity index (χ1v) is 10.3. The second kappa shape index (κ2) is 7.32. The number of aryl methyl sites for hydroxylation is 2. The van der Waals surface area contributed by atoms with Crippen molar-refractivity contribution < 1.29 is 4.39 Å². The molecule has 0 atom stereocenters. The van der Waals surface area contributed by atoms with E-state index in [4.69, 9.17) is 4.98 Å². The molecule has 2 heterocycles. The summed E-state index contributed by atoms with van der Waals surface area (Å²) in [5.41, 5.74) is 3.77. The van der Waals surface area contributed by atoms with Crippen molar-refractivity contribution in [2.24, 2.45) is 12.5 Å². The fourth-order valence-electron chi connectivity index (χ4n) is 3.81. The second-order valence-corrected chi connectivity index (χ2v) is 10.2. The first kappa shape index (κ1) is 20.5. The maximum absolute atomic E-state index is 13.4. The molecule has 0 aliphatic heterocycles. The quantitative estimate of drug-likeness (QED) is 0.548. The minimum atomic E-state index is -0.246. The Bertz CT molecular complexity index is 962. The van der Waals surface area contributed by atoms with Gasteiger partial charge in [0.1, 0.15) is 21.5 Å². The zero-order valence-electron chi connectivity index (χ0n) is 17.7. The van der Waals surface area contributed by atoms with Crippen LogP contribution < -0.4 is 5.32 Å². The van der Waals surface area contributed by atoms with Crippen molar-refractivity contribution in [2.45, 2.75) is 53.5 Å². The first-order chi connectivity index (χ1) is 12.9. The van der Waals surface area contributed by atoms with Crippen molar-refractivity contribution in [2.75, 3.05) is 5.32 Å². The summed E-state index contributed by atoms with van der Waals surface area (Å²) in [6.07, 6.45) is 1.00. The van der Waals surface area contributed by atoms with Crippen LogP contribution in [0.15, 0.2) is 30.3 Å². The number of hydrogen-bond donors (Lipinski definition) is 1. The molecule has 1 N–H and O–H groups in total. The Balaban J connectivity index is 2.06. The van der Waals surface area contributed by atoms with Crippen molar-refractivity contribution >= 4 is 16.3 Å². The molecule has 0 fully saturated rings. The van der Waals surface area contributed by atoms with Crippen molar-refractivity contribution in [3.63, 3.8) is 0 Å². The number of benzene rings is 1. The van der Waals surface area contributed by atoms with Crippen molar-refractivity contribution in [1.82, 2.24) is 14.8 Å². The van der Waals surface area contributed by atoms with Crippen LogP contribution in [-0.2, 0) is 7.05 Å². The van der Waals surface area contributed by atoms with Gasteiger partial charge in [-0.25, -0.2) is 9.37 Å². The lowest BCUT2D eigenvalue weighted by atomic mass is 9.82. The van der Waals surface area contributed by atoms with Crippen LogP contribution in [-0.4, -0.2) is 20.3 Å². The number of halogens is 1. The molecule has 0 unspecified atom stereocenters. The lowest BCUT2D eigenvalue weighted by Crippen LogP contribution is -2.35. The molecule has 0 saturated heterocycles. The molecule has 3 rings (SSSR count). The number of thiazole rings is 1. The number of nitrogens with zero attached hydrogens (tertiary/aromatic N) is 3. The van der Waals surface area contributed by atoms with Gasteiger partial charge >= 0.3 is 0 Å². The van der Waals surface area contributed by atoms with Gasteiger partial charge in [-0.1, -0.05) is 32.1 Å². The molecule has 0 amide bonds. The Morgan fingerprint density at radius 2 is 1.75 bits per heavy atom. The molecule has 0 aliphatic rings. The summed E-state index contributed by atoms with van der Waals surface area (Å²) in [4.78, 5) is 4.91. The number of nitrogens with one attached hydrogen (secondary N) is 1. The Morgan fingerprint density at radius 1 is 1.11 bits per heavy atom. The van der Waals surface area contributed by atoms with E-state index in [1.807, 2.05) is 24.7 Å². The average Bonchev–Trinajstić information content (AvgIpc) is 3.08. The van der Waals surface area contributed by atoms with Gasteiger partial charge in [-0.05, 0) is 62.9 Å². The van der Waals surface area contributed by atoms with Crippen molar-refractivity contribution in [3.8, 4) is 22.0 Å². The highest BCUT2D eigenvalue weighted by atomic mass is 32.1. The molecule has 6 heteroatoms. The molecular formula is C22H29FN4S. The van der Waals surface area contributed by atoms with Crippen LogP contribution in [0.3, 0.4) is 0 Å². The van der Waals surface area contributed by atoms with Crippen LogP contribution in [0, 0.1) is 18.2 Å². The molecule has 150 valence electrons. The summed E-state index contributed by atoms with van der Waals surface area (Å²) in [7, 11) is 1.93. The van der Waals surface area contributed by atoms with Crippen molar-refractivity contribution in [1.29, 1.82) is 0 Å². The fourth-order valence-corrected chi connectivity index (χ4v) is 5.02. The molecule has 1 aromatic carbocycles. The van der Waals surface area contributed by atoms with Crippen LogP contribution >= 0.6 is 11.3 Å². The van der Waals surface area contributed by atoms with Gasteiger partial charge in [-0.2, -0.15) is 5.10 Å². The van der Waals surface area contributed by atoms with E-state index in [1.165, 1.54) is 12.1 Å². The number of rotatable bonds is 5. The molecule has 2 aromatic heterocycles. The highest BCUT2D eigenvalue weighted by Crippen LogP contribution is 2.41. The van der Waals surface area contributed by atoms with E-state index in [9.17, 15) is 4.39 Å². The summed E-state index contributed by atoms with van der Waals surface area (Å²) < 4.78 is 15.3. The van der Waals surface area contributed by atoms with Gasteiger partial charge in [0.05, 0.1) is 11.4 Å². The van der Waals surface area contributed by atoms with Crippen LogP contribution in [0.25, 0.3) is 22.0 Å². The van der Waals surface area contributed by atoms with E-state index in [2.05, 4.69) is 45.0 Å². The lowest BCUT2D eigenvalue weighted by molar-refractivity contribution is 0.303. The van der Waals surface area contributed by atoms with E-state index in [1.54, 1.807) is 23.5 Å². The first-order valence-electron chi connectivity index (χ1n) is 9.49. The Morgan fingerprint density at radius 3 is 2.29 bits per heavy atom. The van der Waals surface area contributed by atoms with Gasteiger partial charge < -0.3 is 5.32 Å². The van der Waals surface area contributed by atoms with Crippen LogP contribution in [0.1, 0.15) is 46.7 Å². The van der Waals surface area contributed by atoms with E-state index < -0.39 is 0 Å². The summed E-state index contributed by atoms with van der Waals surface area (Å²) in [5.74, 6) is -0.246. The number of anilines is 1. The maximum atomic E-state index is 13.4. The summed E-state index contributed by atoms with van der Waals surface area (Å²) in [5, 5.41) is 10.0. The highest BCUT2D eigenvalue weighted by molar-refractivity contribution is 7.19. The smallest absolute Gasteiger partial charge is 0.144 e. The zero-order valence-corrected chi connectivity index (χ0v) is 18.5. The third-order valence-electron chi connectivity index (χ3n) is 4.39. The van der Waals surface area contributed by atoms with Gasteiger partial charge in [0, 0.05) is 18.2 Å². The Labute approximate surface area is 170 Å². The monoisotopic (exact) mass is 400 g/mol. The zero-order chi connectivity index (χ0) is 20.7. The molecule has 28 heavy (non-hydrogen) atoms. The average molecular weight is 401 g/mol. The maximum Gasteiger partial charge on any atom is 0.144 e. The molecular weight excluding hydrogens is 371 g/mol. The largest absolute Gasteiger partial charge is 0.370 e. The summed E-state index contributed by atoms with van der Waals surface area (Å²) >= 11 is 1.62. The Kier molecular flexibility index (Phi) is 5.36. The van der Waals surface area contributed by atoms with Gasteiger partial charge in [0.15, 0.2) is 0 Å². The SMILES string of the molecule is Cc1cc(-c2nc(-c3ccc(F)cc3)c(NC(C)(C)CC(C)(C)C)s2)n(C)n1. The summed E-state index contributed by atoms with van der Waals surface area (Å²) in [6.45, 7) is 13.1.